The quantitative estimate of drug-likeness (QED) is 0.320. The van der Waals surface area contributed by atoms with Gasteiger partial charge in [0.25, 0.3) is 5.91 Å². The van der Waals surface area contributed by atoms with Crippen molar-refractivity contribution in [3.63, 3.8) is 0 Å². The van der Waals surface area contributed by atoms with E-state index in [1.54, 1.807) is 19.1 Å². The van der Waals surface area contributed by atoms with Crippen LogP contribution in [0.5, 0.6) is 0 Å². The Bertz CT molecular complexity index is 1270. The second-order valence-corrected chi connectivity index (χ2v) is 9.91. The number of thiophene rings is 1. The van der Waals surface area contributed by atoms with Crippen molar-refractivity contribution in [1.29, 1.82) is 0 Å². The Morgan fingerprint density at radius 2 is 2.11 bits per heavy atom. The number of carbonyl (C=O) groups is 2. The van der Waals surface area contributed by atoms with Crippen molar-refractivity contribution in [2.75, 3.05) is 17.2 Å². The lowest BCUT2D eigenvalue weighted by atomic mass is 10.0. The second kappa shape index (κ2) is 9.64. The van der Waals surface area contributed by atoms with Crippen LogP contribution >= 0.6 is 11.3 Å². The number of carbonyl (C=O) groups excluding carboxylic acids is 2. The molecular formula is C24H25F3N4O4S. The molecule has 0 radical (unpaired) electrons. The van der Waals surface area contributed by atoms with Crippen molar-refractivity contribution in [1.82, 2.24) is 9.78 Å². The second-order valence-electron chi connectivity index (χ2n) is 8.81. The van der Waals surface area contributed by atoms with Crippen molar-refractivity contribution >= 4 is 34.0 Å². The van der Waals surface area contributed by atoms with Crippen LogP contribution in [0.4, 0.5) is 24.0 Å². The smallest absolute Gasteiger partial charge is 0.410 e. The van der Waals surface area contributed by atoms with Crippen LogP contribution in [0.1, 0.15) is 81.7 Å². The molecule has 1 aliphatic carbocycles. The normalized spacial score (nSPS) is 19.6. The number of nitrogens with one attached hydrogen (secondary N) is 2. The van der Waals surface area contributed by atoms with Gasteiger partial charge in [-0.3, -0.25) is 4.79 Å². The third-order valence-corrected chi connectivity index (χ3v) is 7.64. The summed E-state index contributed by atoms with van der Waals surface area (Å²) in [5.74, 6) is -0.794. The van der Waals surface area contributed by atoms with Crippen molar-refractivity contribution in [2.24, 2.45) is 0 Å². The number of anilines is 2. The number of alkyl halides is 3. The first-order valence-electron chi connectivity index (χ1n) is 11.9. The highest BCUT2D eigenvalue weighted by Gasteiger charge is 2.47. The largest absolute Gasteiger partial charge is 0.467 e. The van der Waals surface area contributed by atoms with Gasteiger partial charge in [0.15, 0.2) is 11.7 Å². The number of rotatable bonds is 5. The zero-order valence-corrected chi connectivity index (χ0v) is 20.3. The number of halogens is 3. The molecule has 0 spiro atoms. The summed E-state index contributed by atoms with van der Waals surface area (Å²) in [6.45, 7) is 1.89. The average molecular weight is 523 g/mol. The molecule has 0 bridgehead atoms. The van der Waals surface area contributed by atoms with Gasteiger partial charge in [-0.15, -0.1) is 11.3 Å². The molecule has 8 nitrogen and oxygen atoms in total. The maximum absolute atomic E-state index is 13.9. The molecule has 2 N–H and O–H groups in total. The zero-order chi connectivity index (χ0) is 25.4. The molecule has 3 aromatic rings. The van der Waals surface area contributed by atoms with Gasteiger partial charge in [0.1, 0.15) is 16.6 Å². The molecule has 0 unspecified atom stereocenters. The van der Waals surface area contributed by atoms with Gasteiger partial charge >= 0.3 is 12.1 Å². The van der Waals surface area contributed by atoms with Gasteiger partial charge < -0.3 is 19.8 Å². The lowest BCUT2D eigenvalue weighted by molar-refractivity contribution is -0.174. The van der Waals surface area contributed by atoms with Crippen LogP contribution in [0.15, 0.2) is 28.9 Å². The fourth-order valence-corrected chi connectivity index (χ4v) is 6.05. The predicted octanol–water partition coefficient (Wildman–Crippen LogP) is 5.90. The predicted molar refractivity (Wildman–Crippen MR) is 126 cm³/mol. The molecule has 1 amide bonds. The highest BCUT2D eigenvalue weighted by atomic mass is 32.1. The van der Waals surface area contributed by atoms with E-state index in [9.17, 15) is 22.8 Å². The summed E-state index contributed by atoms with van der Waals surface area (Å²) in [5, 5.41) is 10.0. The van der Waals surface area contributed by atoms with E-state index in [0.29, 0.717) is 22.7 Å². The van der Waals surface area contributed by atoms with E-state index < -0.39 is 30.1 Å². The number of aryl methyl sites for hydroxylation is 1. The monoisotopic (exact) mass is 522 g/mol. The van der Waals surface area contributed by atoms with E-state index in [0.717, 1.165) is 40.8 Å². The zero-order valence-electron chi connectivity index (χ0n) is 19.5. The van der Waals surface area contributed by atoms with E-state index >= 15 is 0 Å². The first-order chi connectivity index (χ1) is 17.3. The Kier molecular flexibility index (Phi) is 6.54. The van der Waals surface area contributed by atoms with Gasteiger partial charge in [-0.05, 0) is 50.3 Å². The maximum Gasteiger partial charge on any atom is 0.410 e. The molecule has 1 aliphatic heterocycles. The molecule has 5 rings (SSSR count). The number of aromatic nitrogens is 2. The van der Waals surface area contributed by atoms with Crippen LogP contribution in [-0.4, -0.2) is 34.4 Å². The van der Waals surface area contributed by atoms with Gasteiger partial charge in [0, 0.05) is 17.4 Å². The summed E-state index contributed by atoms with van der Waals surface area (Å²) < 4.78 is 53.0. The lowest BCUT2D eigenvalue weighted by Gasteiger charge is -2.32. The van der Waals surface area contributed by atoms with Crippen LogP contribution in [0, 0.1) is 0 Å². The molecule has 2 aliphatic rings. The van der Waals surface area contributed by atoms with Crippen LogP contribution in [0.2, 0.25) is 0 Å². The van der Waals surface area contributed by atoms with Crippen LogP contribution < -0.4 is 10.6 Å². The van der Waals surface area contributed by atoms with E-state index in [1.807, 2.05) is 0 Å². The van der Waals surface area contributed by atoms with Crippen molar-refractivity contribution in [3.05, 3.63) is 51.9 Å². The number of nitrogens with zero attached hydrogens (tertiary/aromatic N) is 2. The molecule has 0 fully saturated rings. The molecule has 4 heterocycles. The Morgan fingerprint density at radius 1 is 1.31 bits per heavy atom. The van der Waals surface area contributed by atoms with Gasteiger partial charge in [-0.2, -0.15) is 18.3 Å². The van der Waals surface area contributed by atoms with E-state index in [-0.39, 0.29) is 24.5 Å². The number of amides is 1. The fourth-order valence-electron chi connectivity index (χ4n) is 4.78. The minimum atomic E-state index is -4.58. The molecule has 0 saturated carbocycles. The number of hydrogen-bond donors (Lipinski definition) is 2. The minimum absolute atomic E-state index is 0.0581. The summed E-state index contributed by atoms with van der Waals surface area (Å²) in [4.78, 5) is 26.9. The third kappa shape index (κ3) is 4.61. The van der Waals surface area contributed by atoms with Gasteiger partial charge in [0.2, 0.25) is 0 Å². The molecule has 12 heteroatoms. The van der Waals surface area contributed by atoms with Gasteiger partial charge in [0.05, 0.1) is 24.5 Å². The third-order valence-electron chi connectivity index (χ3n) is 6.44. The van der Waals surface area contributed by atoms with Crippen molar-refractivity contribution < 1.29 is 31.9 Å². The topological polar surface area (TPSA) is 98.4 Å². The highest BCUT2D eigenvalue weighted by Crippen LogP contribution is 2.44. The average Bonchev–Trinajstić information content (AvgIpc) is 3.54. The first-order valence-corrected chi connectivity index (χ1v) is 12.7. The Morgan fingerprint density at radius 3 is 2.83 bits per heavy atom. The number of furan rings is 1. The number of hydrogen-bond acceptors (Lipinski definition) is 7. The van der Waals surface area contributed by atoms with Gasteiger partial charge in [-0.1, -0.05) is 6.42 Å². The Labute approximate surface area is 208 Å². The summed E-state index contributed by atoms with van der Waals surface area (Å²) >= 11 is 1.32. The molecular weight excluding hydrogens is 497 g/mol. The molecule has 3 aromatic heterocycles. The maximum atomic E-state index is 13.9. The summed E-state index contributed by atoms with van der Waals surface area (Å²) in [5.41, 5.74) is 1.03. The molecule has 192 valence electrons. The number of esters is 1. The standard InChI is InChI=1S/C24H25F3N4O4S/c1-2-34-23(33)20-13-7-4-3-5-9-17(13)36-22(20)29-21(32)15-12-19-28-14(16-8-6-10-35-16)11-18(24(25,26)27)31(19)30-15/h6,8,10,12,14,18,28H,2-5,7,9,11H2,1H3,(H,29,32)/t14-,18+/m0/s1. The lowest BCUT2D eigenvalue weighted by Crippen LogP contribution is -2.35. The van der Waals surface area contributed by atoms with Crippen LogP contribution in [0.25, 0.3) is 0 Å². The molecule has 0 aromatic carbocycles. The number of ether oxygens (including phenoxy) is 1. The van der Waals surface area contributed by atoms with E-state index in [2.05, 4.69) is 15.7 Å². The van der Waals surface area contributed by atoms with Crippen molar-refractivity contribution in [2.45, 2.75) is 63.7 Å². The van der Waals surface area contributed by atoms with E-state index in [4.69, 9.17) is 9.15 Å². The summed E-state index contributed by atoms with van der Waals surface area (Å²) in [6, 6.07) is 1.83. The minimum Gasteiger partial charge on any atom is -0.467 e. The fraction of sp³-hybridized carbons (Fsp3) is 0.458. The summed E-state index contributed by atoms with van der Waals surface area (Å²) in [7, 11) is 0. The highest BCUT2D eigenvalue weighted by molar-refractivity contribution is 7.17. The first kappa shape index (κ1) is 24.4. The Hall–Kier alpha value is -3.28. The van der Waals surface area contributed by atoms with Gasteiger partial charge in [-0.25, -0.2) is 9.48 Å². The van der Waals surface area contributed by atoms with Crippen molar-refractivity contribution in [3.8, 4) is 0 Å². The van der Waals surface area contributed by atoms with Crippen LogP contribution in [0.3, 0.4) is 0 Å². The molecule has 2 atom stereocenters. The SMILES string of the molecule is CCOC(=O)c1c(NC(=O)c2cc3n(n2)[C@@H](C(F)(F)F)C[C@@H](c2ccco2)N3)sc2c1CCCCC2. The van der Waals surface area contributed by atoms with Crippen LogP contribution in [-0.2, 0) is 17.6 Å². The number of fused-ring (bicyclic) bond motifs is 2. The summed E-state index contributed by atoms with van der Waals surface area (Å²) in [6.07, 6.45) is 0.955. The molecule has 0 saturated heterocycles. The molecule has 36 heavy (non-hydrogen) atoms. The van der Waals surface area contributed by atoms with E-state index in [1.165, 1.54) is 23.7 Å². The Balaban J connectivity index is 1.45.